The lowest BCUT2D eigenvalue weighted by Gasteiger charge is -2.02. The predicted octanol–water partition coefficient (Wildman–Crippen LogP) is 1.97. The molecule has 0 spiro atoms. The van der Waals surface area contributed by atoms with Crippen molar-refractivity contribution >= 4 is 0 Å². The molecule has 0 fully saturated rings. The molecule has 0 saturated carbocycles. The van der Waals surface area contributed by atoms with Gasteiger partial charge in [0.25, 0.3) is 0 Å². The number of rotatable bonds is 9. The molecule has 2 nitrogen and oxygen atoms in total. The van der Waals surface area contributed by atoms with E-state index in [1.54, 1.807) is 0 Å². The van der Waals surface area contributed by atoms with Crippen LogP contribution in [-0.2, 0) is 4.74 Å². The summed E-state index contributed by atoms with van der Waals surface area (Å²) in [6.07, 6.45) is 5.22. The molecule has 0 aromatic carbocycles. The summed E-state index contributed by atoms with van der Waals surface area (Å²) >= 11 is 0. The van der Waals surface area contributed by atoms with E-state index in [4.69, 9.17) is 4.74 Å². The van der Waals surface area contributed by atoms with E-state index in [2.05, 4.69) is 18.8 Å². The van der Waals surface area contributed by atoms with Crippen LogP contribution >= 0.6 is 0 Å². The van der Waals surface area contributed by atoms with Crippen LogP contribution in [0.1, 0.15) is 26.2 Å². The van der Waals surface area contributed by atoms with Crippen LogP contribution in [0.25, 0.3) is 0 Å². The Morgan fingerprint density at radius 3 is 2.83 bits per heavy atom. The van der Waals surface area contributed by atoms with Gasteiger partial charge in [-0.05, 0) is 32.4 Å². The van der Waals surface area contributed by atoms with Crippen molar-refractivity contribution in [2.24, 2.45) is 0 Å². The van der Waals surface area contributed by atoms with Crippen molar-refractivity contribution in [1.29, 1.82) is 0 Å². The molecule has 2 heteroatoms. The molecule has 0 radical (unpaired) electrons. The Morgan fingerprint density at radius 1 is 1.33 bits per heavy atom. The Bertz CT molecular complexity index is 93.8. The molecule has 1 N–H and O–H groups in total. The summed E-state index contributed by atoms with van der Waals surface area (Å²) in [4.78, 5) is 0. The zero-order valence-corrected chi connectivity index (χ0v) is 8.14. The van der Waals surface area contributed by atoms with Gasteiger partial charge >= 0.3 is 0 Å². The molecule has 0 aliphatic carbocycles. The number of unbranched alkanes of at least 4 members (excludes halogenated alkanes) is 1. The van der Waals surface area contributed by atoms with Crippen molar-refractivity contribution in [3.8, 4) is 0 Å². The topological polar surface area (TPSA) is 21.3 Å². The summed E-state index contributed by atoms with van der Waals surface area (Å²) in [5.41, 5.74) is 0. The van der Waals surface area contributed by atoms with Crippen molar-refractivity contribution in [3.05, 3.63) is 12.7 Å². The van der Waals surface area contributed by atoms with Gasteiger partial charge in [0, 0.05) is 13.2 Å². The van der Waals surface area contributed by atoms with E-state index in [1.807, 2.05) is 6.08 Å². The third-order valence-corrected chi connectivity index (χ3v) is 1.61. The molecule has 0 heterocycles. The molecule has 0 unspecified atom stereocenters. The normalized spacial score (nSPS) is 10.1. The first kappa shape index (κ1) is 11.7. The molecule has 0 amide bonds. The smallest absolute Gasteiger partial charge is 0.0500 e. The van der Waals surface area contributed by atoms with Crippen molar-refractivity contribution in [2.75, 3.05) is 26.3 Å². The van der Waals surface area contributed by atoms with E-state index in [1.165, 1.54) is 6.42 Å². The van der Waals surface area contributed by atoms with E-state index in [0.717, 1.165) is 39.1 Å². The van der Waals surface area contributed by atoms with Crippen LogP contribution in [0.4, 0.5) is 0 Å². The van der Waals surface area contributed by atoms with Crippen LogP contribution in [0.15, 0.2) is 12.7 Å². The monoisotopic (exact) mass is 171 g/mol. The zero-order valence-electron chi connectivity index (χ0n) is 8.14. The van der Waals surface area contributed by atoms with Gasteiger partial charge in [-0.1, -0.05) is 13.0 Å². The van der Waals surface area contributed by atoms with Gasteiger partial charge < -0.3 is 10.1 Å². The van der Waals surface area contributed by atoms with Gasteiger partial charge in [-0.3, -0.25) is 0 Å². The lowest BCUT2D eigenvalue weighted by molar-refractivity contribution is 0.135. The number of nitrogens with one attached hydrogen (secondary N) is 1. The van der Waals surface area contributed by atoms with Crippen LogP contribution in [0.5, 0.6) is 0 Å². The van der Waals surface area contributed by atoms with Crippen LogP contribution in [0.3, 0.4) is 0 Å². The largest absolute Gasteiger partial charge is 0.381 e. The van der Waals surface area contributed by atoms with Crippen molar-refractivity contribution in [3.63, 3.8) is 0 Å². The fraction of sp³-hybridized carbons (Fsp3) is 0.800. The first-order valence-corrected chi connectivity index (χ1v) is 4.81. The highest BCUT2D eigenvalue weighted by atomic mass is 16.5. The van der Waals surface area contributed by atoms with E-state index in [9.17, 15) is 0 Å². The molecule has 0 aliphatic rings. The Hall–Kier alpha value is -0.340. The average molecular weight is 171 g/mol. The number of hydrogen-bond acceptors (Lipinski definition) is 2. The molecule has 0 atom stereocenters. The highest BCUT2D eigenvalue weighted by Gasteiger charge is 1.88. The summed E-state index contributed by atoms with van der Waals surface area (Å²) in [5, 5.41) is 3.28. The van der Waals surface area contributed by atoms with Gasteiger partial charge in [-0.25, -0.2) is 0 Å². The lowest BCUT2D eigenvalue weighted by atomic mass is 10.3. The van der Waals surface area contributed by atoms with E-state index in [0.29, 0.717) is 0 Å². The third-order valence-electron chi connectivity index (χ3n) is 1.61. The standard InChI is InChI=1S/C10H21NO/c1-3-5-9-12-10-7-6-8-11-4-2/h3,11H,1,4-10H2,2H3. The second-order valence-electron chi connectivity index (χ2n) is 2.75. The van der Waals surface area contributed by atoms with Gasteiger partial charge in [0.05, 0.1) is 0 Å². The van der Waals surface area contributed by atoms with E-state index < -0.39 is 0 Å². The zero-order chi connectivity index (χ0) is 9.07. The summed E-state index contributed by atoms with van der Waals surface area (Å²) in [6, 6.07) is 0. The molecule has 72 valence electrons. The Kier molecular flexibility index (Phi) is 10.4. The highest BCUT2D eigenvalue weighted by molar-refractivity contribution is 4.64. The minimum atomic E-state index is 0.824. The maximum atomic E-state index is 5.36. The molecule has 0 rings (SSSR count). The van der Waals surface area contributed by atoms with Crippen LogP contribution in [0.2, 0.25) is 0 Å². The average Bonchev–Trinajstić information content (AvgIpc) is 2.10. The highest BCUT2D eigenvalue weighted by Crippen LogP contribution is 1.90. The molecular weight excluding hydrogens is 150 g/mol. The van der Waals surface area contributed by atoms with Crippen molar-refractivity contribution in [1.82, 2.24) is 5.32 Å². The van der Waals surface area contributed by atoms with E-state index >= 15 is 0 Å². The summed E-state index contributed by atoms with van der Waals surface area (Å²) in [6.45, 7) is 9.65. The molecule has 0 aromatic heterocycles. The van der Waals surface area contributed by atoms with Gasteiger partial charge in [-0.2, -0.15) is 0 Å². The Labute approximate surface area is 76.0 Å². The second-order valence-corrected chi connectivity index (χ2v) is 2.75. The molecule has 0 saturated heterocycles. The van der Waals surface area contributed by atoms with Crippen molar-refractivity contribution in [2.45, 2.75) is 26.2 Å². The van der Waals surface area contributed by atoms with Crippen LogP contribution < -0.4 is 5.32 Å². The summed E-state index contributed by atoms with van der Waals surface area (Å²) in [7, 11) is 0. The first-order valence-electron chi connectivity index (χ1n) is 4.81. The number of ether oxygens (including phenoxy) is 1. The first-order chi connectivity index (χ1) is 5.91. The predicted molar refractivity (Wildman–Crippen MR) is 53.4 cm³/mol. The minimum absolute atomic E-state index is 0.824. The summed E-state index contributed by atoms with van der Waals surface area (Å²) in [5.74, 6) is 0. The van der Waals surface area contributed by atoms with Crippen molar-refractivity contribution < 1.29 is 4.74 Å². The molecular formula is C10H21NO. The maximum Gasteiger partial charge on any atom is 0.0500 e. The van der Waals surface area contributed by atoms with E-state index in [-0.39, 0.29) is 0 Å². The summed E-state index contributed by atoms with van der Waals surface area (Å²) < 4.78 is 5.36. The lowest BCUT2D eigenvalue weighted by Crippen LogP contribution is -2.14. The van der Waals surface area contributed by atoms with Crippen LogP contribution in [-0.4, -0.2) is 26.3 Å². The molecule has 0 bridgehead atoms. The number of hydrogen-bond donors (Lipinski definition) is 1. The maximum absolute atomic E-state index is 5.36. The molecule has 12 heavy (non-hydrogen) atoms. The van der Waals surface area contributed by atoms with Gasteiger partial charge in [0.1, 0.15) is 0 Å². The quantitative estimate of drug-likeness (QED) is 0.423. The molecule has 0 aromatic rings. The third kappa shape index (κ3) is 9.66. The Balaban J connectivity index is 2.77. The van der Waals surface area contributed by atoms with Gasteiger partial charge in [-0.15, -0.1) is 6.58 Å². The minimum Gasteiger partial charge on any atom is -0.381 e. The fourth-order valence-corrected chi connectivity index (χ4v) is 0.900. The SMILES string of the molecule is C=CCCOCCCCNCC. The van der Waals surface area contributed by atoms with Gasteiger partial charge in [0.2, 0.25) is 0 Å². The van der Waals surface area contributed by atoms with Crippen LogP contribution in [0, 0.1) is 0 Å². The van der Waals surface area contributed by atoms with Gasteiger partial charge in [0.15, 0.2) is 0 Å². The fourth-order valence-electron chi connectivity index (χ4n) is 0.900. The Morgan fingerprint density at radius 2 is 2.17 bits per heavy atom. The second kappa shape index (κ2) is 10.7. The molecule has 0 aliphatic heterocycles.